The molecule has 8 atom stereocenters. The first-order valence-corrected chi connectivity index (χ1v) is 54.4. The van der Waals surface area contributed by atoms with E-state index in [1.807, 2.05) is 18.3 Å². The zero-order valence-electron chi connectivity index (χ0n) is 64.2. The summed E-state index contributed by atoms with van der Waals surface area (Å²) in [6.07, 6.45) is 22.2. The minimum Gasteiger partial charge on any atom is -0.497 e. The highest BCUT2D eigenvalue weighted by atomic mass is 79.9. The molecule has 6 saturated carbocycles. The summed E-state index contributed by atoms with van der Waals surface area (Å²) in [6, 6.07) is 31.1. The van der Waals surface area contributed by atoms with Gasteiger partial charge >= 0.3 is 7.12 Å². The van der Waals surface area contributed by atoms with Crippen molar-refractivity contribution >= 4 is 100 Å². The highest BCUT2D eigenvalue weighted by molar-refractivity contribution is 9.11. The van der Waals surface area contributed by atoms with Crippen LogP contribution < -0.4 is 20.1 Å². The van der Waals surface area contributed by atoms with Crippen LogP contribution in [0.25, 0.3) is 55.4 Å². The first kappa shape index (κ1) is 76.9. The van der Waals surface area contributed by atoms with Crippen LogP contribution >= 0.6 is 15.9 Å². The Morgan fingerprint density at radius 2 is 0.843 bits per heavy atom. The number of nitrogens with zero attached hydrogens (tertiary/aromatic N) is 6. The third-order valence-electron chi connectivity index (χ3n) is 22.7. The fraction of sp³-hybridized carbons (Fsp3) is 0.625. The van der Waals surface area contributed by atoms with E-state index in [1.54, 1.807) is 19.8 Å². The molecule has 4 N–H and O–H groups in total. The van der Waals surface area contributed by atoms with Gasteiger partial charge in [0.1, 0.15) is 61.7 Å². The van der Waals surface area contributed by atoms with Gasteiger partial charge in [-0.25, -0.2) is 4.68 Å². The van der Waals surface area contributed by atoms with E-state index in [1.165, 1.54) is 105 Å². The third-order valence-corrected chi connectivity index (χ3v) is 30.4. The summed E-state index contributed by atoms with van der Waals surface area (Å²) >= 11 is 4.19. The average molecular weight is 1530 g/mol. The third kappa shape index (κ3) is 20.1. The van der Waals surface area contributed by atoms with Crippen LogP contribution in [-0.2, 0) is 18.9 Å². The SMILES string of the molecule is COc1ccc2ccc(-c3cnn4c3NC(C3C[C@H]5CC[C@@H](C3)C5)C(Br)=C4N(COCC[Si](C)(C)C)COCC[Si](C)(C)C)cc2c1.COc1ccc2ccc(-c3cnn4c3NC(C3C[C@H]5CC[C@@H](C3)C5)C(C3CC3)=C4N(COCC[Si](C)(C)C)COCC[Si](C)(C)C)cc2c1.OB(O)C1CC1. The van der Waals surface area contributed by atoms with Gasteiger partial charge in [-0.05, 0) is 213 Å². The lowest BCUT2D eigenvalue weighted by Gasteiger charge is -2.42. The molecule has 4 bridgehead atoms. The molecule has 6 aliphatic carbocycles. The van der Waals surface area contributed by atoms with Crippen LogP contribution in [0.4, 0.5) is 11.6 Å². The summed E-state index contributed by atoms with van der Waals surface area (Å²) in [7, 11) is -2.45. The van der Waals surface area contributed by atoms with E-state index in [9.17, 15) is 0 Å². The van der Waals surface area contributed by atoms with Crippen molar-refractivity contribution in [1.82, 2.24) is 29.4 Å². The summed E-state index contributed by atoms with van der Waals surface area (Å²) in [5.74, 6) is 11.6. The smallest absolute Gasteiger partial charge is 0.454 e. The second kappa shape index (κ2) is 33.2. The van der Waals surface area contributed by atoms with Gasteiger partial charge in [-0.2, -0.15) is 14.9 Å². The Morgan fingerprint density at radius 1 is 0.471 bits per heavy atom. The molecule has 22 heteroatoms. The van der Waals surface area contributed by atoms with Crippen molar-refractivity contribution in [1.29, 1.82) is 0 Å². The number of hydrogen-bond acceptors (Lipinski definition) is 14. The Balaban J connectivity index is 0.000000178. The van der Waals surface area contributed by atoms with E-state index in [2.05, 4.69) is 191 Å². The molecule has 4 unspecified atom stereocenters. The molecule has 556 valence electrons. The fourth-order valence-corrected chi connectivity index (χ4v) is 20.3. The largest absolute Gasteiger partial charge is 0.497 e. The number of methoxy groups -OCH3 is 2. The van der Waals surface area contributed by atoms with Crippen LogP contribution in [0.2, 0.25) is 109 Å². The Kier molecular flexibility index (Phi) is 25.0. The standard InChI is InChI=1S/C40H60N4O3Si2.C37H55BrN4O3Si2.C3H7BO2/c1-45-35-15-14-30-10-13-32(23-33(30)24-35)36-25-41-44-39(36)42-38(34-21-28-8-9-29(20-28)22-34)37(31-11-12-31)40(44)43(26-46-16-18-48(2,3)4)27-47-17-19-49(5,6)7;1-43-32-13-12-28-10-11-29(21-30(28)22-32)33-23-39-42-36(33)40-35(31-19-26-8-9-27(18-26)20-31)34(38)37(42)41(24-44-14-16-46(2,3)4)25-45-15-17-47(5,6)7;5-4(6)3-1-2-3/h10,13-15,23-25,28-29,31,34,38,42H,8-9,11-12,16-22,26-27H2,1-7H3;10-13,21-23,26-27,31,35,40H,8-9,14-20,24-25H2,1-7H3;3,5-6H,1-2H2/t28-,29+,34?,38?;26-,27+,31?,35?;. The highest BCUT2D eigenvalue weighted by Crippen LogP contribution is 2.54. The number of fused-ring (bicyclic) bond motifs is 8. The maximum absolute atomic E-state index is 8.25. The van der Waals surface area contributed by atoms with Crippen molar-refractivity contribution in [2.24, 2.45) is 41.4 Å². The molecule has 14 rings (SSSR count). The van der Waals surface area contributed by atoms with Gasteiger partial charge in [0.25, 0.3) is 0 Å². The zero-order chi connectivity index (χ0) is 72.3. The Morgan fingerprint density at radius 3 is 1.21 bits per heavy atom. The Hall–Kier alpha value is -4.73. The Labute approximate surface area is 623 Å². The fourth-order valence-electron chi connectivity index (χ4n) is 16.4. The average Bonchev–Trinajstić information content (AvgIpc) is 1.54. The first-order valence-electron chi connectivity index (χ1n) is 38.8. The molecular weight excluding hydrogens is 1400 g/mol. The summed E-state index contributed by atoms with van der Waals surface area (Å²) in [5, 5.41) is 39.7. The van der Waals surface area contributed by atoms with Crippen molar-refractivity contribution < 1.29 is 38.5 Å². The molecule has 16 nitrogen and oxygen atoms in total. The van der Waals surface area contributed by atoms with E-state index < -0.39 is 39.4 Å². The van der Waals surface area contributed by atoms with Crippen LogP contribution in [0.5, 0.6) is 11.5 Å². The number of ether oxygens (including phenoxy) is 6. The maximum atomic E-state index is 8.25. The van der Waals surface area contributed by atoms with Crippen LogP contribution in [0.3, 0.4) is 0 Å². The van der Waals surface area contributed by atoms with Crippen molar-refractivity contribution in [3.05, 3.63) is 95.2 Å². The molecule has 4 heterocycles. The van der Waals surface area contributed by atoms with Crippen molar-refractivity contribution in [2.75, 3.05) is 78.2 Å². The van der Waals surface area contributed by atoms with Crippen LogP contribution in [0.1, 0.15) is 89.9 Å². The van der Waals surface area contributed by atoms with Crippen LogP contribution in [-0.4, -0.2) is 158 Å². The molecule has 102 heavy (non-hydrogen) atoms. The number of nitrogens with one attached hydrogen (secondary N) is 2. The van der Waals surface area contributed by atoms with E-state index in [0.29, 0.717) is 50.7 Å². The number of benzene rings is 4. The molecule has 2 aromatic heterocycles. The van der Waals surface area contributed by atoms with E-state index in [0.717, 1.165) is 143 Å². The van der Waals surface area contributed by atoms with Gasteiger partial charge in [0.05, 0.1) is 43.2 Å². The molecule has 6 aromatic rings. The summed E-state index contributed by atoms with van der Waals surface area (Å²) in [5.41, 5.74) is 6.13. The van der Waals surface area contributed by atoms with Gasteiger partial charge in [-0.1, -0.05) is 153 Å². The molecule has 0 saturated heterocycles. The van der Waals surface area contributed by atoms with Gasteiger partial charge < -0.3 is 58.9 Å². The van der Waals surface area contributed by atoms with Crippen molar-refractivity contribution in [2.45, 2.75) is 211 Å². The number of rotatable bonds is 30. The van der Waals surface area contributed by atoms with Gasteiger partial charge in [-0.3, -0.25) is 0 Å². The van der Waals surface area contributed by atoms with Crippen LogP contribution in [0.15, 0.2) is 95.2 Å². The normalized spacial score (nSPS) is 23.2. The summed E-state index contributed by atoms with van der Waals surface area (Å²) < 4.78 is 42.6. The Bertz CT molecular complexity index is 3800. The lowest BCUT2D eigenvalue weighted by atomic mass is 9.74. The highest BCUT2D eigenvalue weighted by Gasteiger charge is 2.48. The van der Waals surface area contributed by atoms with Crippen molar-refractivity contribution in [3.8, 4) is 33.8 Å². The number of hydrogen-bond donors (Lipinski definition) is 4. The predicted molar refractivity (Wildman–Crippen MR) is 436 cm³/mol. The maximum Gasteiger partial charge on any atom is 0.454 e. The second-order valence-electron chi connectivity index (χ2n) is 36.2. The van der Waals surface area contributed by atoms with Gasteiger partial charge in [0.2, 0.25) is 0 Å². The quantitative estimate of drug-likeness (QED) is 0.0191. The molecular formula is C80H122BBrN8O8Si4. The molecule has 8 aliphatic rings. The van der Waals surface area contributed by atoms with Gasteiger partial charge in [-0.15, -0.1) is 0 Å². The lowest BCUT2D eigenvalue weighted by molar-refractivity contribution is -0.0103. The predicted octanol–water partition coefficient (Wildman–Crippen LogP) is 19.2. The molecule has 6 fully saturated rings. The monoisotopic (exact) mass is 1520 g/mol. The minimum absolute atomic E-state index is 0.170. The summed E-state index contributed by atoms with van der Waals surface area (Å²) in [6.45, 7) is 34.1. The van der Waals surface area contributed by atoms with E-state index >= 15 is 0 Å². The molecule has 2 aliphatic heterocycles. The lowest BCUT2D eigenvalue weighted by Crippen LogP contribution is -2.44. The summed E-state index contributed by atoms with van der Waals surface area (Å²) in [4.78, 5) is 4.67. The molecule has 4 aromatic carbocycles. The minimum atomic E-state index is -1.22. The topological polar surface area (TPSA) is 162 Å². The van der Waals surface area contributed by atoms with Gasteiger partial charge in [0, 0.05) is 69.8 Å². The number of aromatic nitrogens is 4. The number of anilines is 2. The van der Waals surface area contributed by atoms with Crippen LogP contribution in [0, 0.1) is 41.4 Å². The second-order valence-corrected chi connectivity index (χ2v) is 59.6. The molecule has 0 spiro atoms. The zero-order valence-corrected chi connectivity index (χ0v) is 69.8. The molecule has 0 amide bonds. The van der Waals surface area contributed by atoms with Gasteiger partial charge in [0.15, 0.2) is 0 Å². The first-order chi connectivity index (χ1) is 48.6. The number of halogens is 1. The van der Waals surface area contributed by atoms with E-state index in [4.69, 9.17) is 48.7 Å². The van der Waals surface area contributed by atoms with E-state index in [-0.39, 0.29) is 11.9 Å². The van der Waals surface area contributed by atoms with Crippen molar-refractivity contribution in [3.63, 3.8) is 0 Å². The molecule has 0 radical (unpaired) electrons.